The molecule has 0 radical (unpaired) electrons. The SMILES string of the molecule is Cc1nccc(C(=O)c2ccc(C)c(F)c2)n1. The van der Waals surface area contributed by atoms with Crippen molar-refractivity contribution in [1.29, 1.82) is 0 Å². The zero-order chi connectivity index (χ0) is 12.4. The summed E-state index contributed by atoms with van der Waals surface area (Å²) in [5.74, 6) is -0.167. The Hall–Kier alpha value is -2.10. The first-order chi connectivity index (χ1) is 8.08. The molecule has 3 nitrogen and oxygen atoms in total. The predicted octanol–water partition coefficient (Wildman–Crippen LogP) is 2.46. The molecule has 0 unspecified atom stereocenters. The van der Waals surface area contributed by atoms with E-state index in [0.29, 0.717) is 17.0 Å². The number of aryl methyl sites for hydroxylation is 2. The summed E-state index contributed by atoms with van der Waals surface area (Å²) in [6.45, 7) is 3.35. The molecule has 0 aliphatic carbocycles. The molecule has 2 aromatic rings. The number of nitrogens with zero attached hydrogens (tertiary/aromatic N) is 2. The molecule has 0 spiro atoms. The molecule has 86 valence electrons. The fourth-order valence-corrected chi connectivity index (χ4v) is 1.46. The lowest BCUT2D eigenvalue weighted by Gasteiger charge is -2.02. The molecule has 1 heterocycles. The van der Waals surface area contributed by atoms with Crippen LogP contribution in [0.3, 0.4) is 0 Å². The molecule has 0 amide bonds. The number of aromatic nitrogens is 2. The van der Waals surface area contributed by atoms with Gasteiger partial charge in [0.2, 0.25) is 5.78 Å². The van der Waals surface area contributed by atoms with Crippen molar-refractivity contribution in [2.24, 2.45) is 0 Å². The molecule has 17 heavy (non-hydrogen) atoms. The Morgan fingerprint density at radius 2 is 2.00 bits per heavy atom. The molecule has 1 aromatic heterocycles. The second-order valence-corrected chi connectivity index (χ2v) is 3.78. The van der Waals surface area contributed by atoms with Crippen LogP contribution in [0.4, 0.5) is 4.39 Å². The third-order valence-electron chi connectivity index (χ3n) is 2.44. The predicted molar refractivity (Wildman–Crippen MR) is 61.3 cm³/mol. The minimum atomic E-state index is -0.387. The highest BCUT2D eigenvalue weighted by Crippen LogP contribution is 2.12. The zero-order valence-corrected chi connectivity index (χ0v) is 9.57. The van der Waals surface area contributed by atoms with Crippen LogP contribution in [0.2, 0.25) is 0 Å². The normalized spacial score (nSPS) is 10.3. The maximum Gasteiger partial charge on any atom is 0.211 e. The fourth-order valence-electron chi connectivity index (χ4n) is 1.46. The Morgan fingerprint density at radius 3 is 2.65 bits per heavy atom. The van der Waals surface area contributed by atoms with Crippen molar-refractivity contribution in [2.75, 3.05) is 0 Å². The number of carbonyl (C=O) groups excluding carboxylic acids is 1. The van der Waals surface area contributed by atoms with E-state index in [0.717, 1.165) is 0 Å². The van der Waals surface area contributed by atoms with Crippen molar-refractivity contribution >= 4 is 5.78 Å². The lowest BCUT2D eigenvalue weighted by Crippen LogP contribution is -2.06. The average molecular weight is 230 g/mol. The number of benzene rings is 1. The molecule has 4 heteroatoms. The van der Waals surface area contributed by atoms with E-state index in [9.17, 15) is 9.18 Å². The summed E-state index contributed by atoms with van der Waals surface area (Å²) in [7, 11) is 0. The van der Waals surface area contributed by atoms with Gasteiger partial charge in [0.05, 0.1) is 0 Å². The third-order valence-corrected chi connectivity index (χ3v) is 2.44. The molecule has 1 aromatic carbocycles. The highest BCUT2D eigenvalue weighted by molar-refractivity contribution is 6.07. The lowest BCUT2D eigenvalue weighted by atomic mass is 10.1. The highest BCUT2D eigenvalue weighted by atomic mass is 19.1. The number of ketones is 1. The van der Waals surface area contributed by atoms with Gasteiger partial charge in [-0.15, -0.1) is 0 Å². The van der Waals surface area contributed by atoms with Crippen LogP contribution in [0.5, 0.6) is 0 Å². The summed E-state index contributed by atoms with van der Waals surface area (Å²) >= 11 is 0. The Bertz CT molecular complexity index is 581. The quantitative estimate of drug-likeness (QED) is 0.744. The van der Waals surface area contributed by atoms with E-state index in [2.05, 4.69) is 9.97 Å². The molecule has 0 fully saturated rings. The molecule has 2 rings (SSSR count). The van der Waals surface area contributed by atoms with Crippen LogP contribution in [0.25, 0.3) is 0 Å². The molecule has 0 bridgehead atoms. The Balaban J connectivity index is 2.40. The van der Waals surface area contributed by atoms with Crippen LogP contribution in [-0.4, -0.2) is 15.8 Å². The van der Waals surface area contributed by atoms with Gasteiger partial charge >= 0.3 is 0 Å². The Morgan fingerprint density at radius 1 is 1.24 bits per heavy atom. The van der Waals surface area contributed by atoms with Gasteiger partial charge in [-0.3, -0.25) is 4.79 Å². The molecular formula is C13H11FN2O. The third kappa shape index (κ3) is 2.36. The maximum absolute atomic E-state index is 13.3. The Labute approximate surface area is 98.3 Å². The summed E-state index contributed by atoms with van der Waals surface area (Å²) in [4.78, 5) is 19.9. The van der Waals surface area contributed by atoms with Crippen molar-refractivity contribution in [3.8, 4) is 0 Å². The van der Waals surface area contributed by atoms with Crippen molar-refractivity contribution in [1.82, 2.24) is 9.97 Å². The smallest absolute Gasteiger partial charge is 0.211 e. The topological polar surface area (TPSA) is 42.9 Å². The highest BCUT2D eigenvalue weighted by Gasteiger charge is 2.12. The van der Waals surface area contributed by atoms with Crippen molar-refractivity contribution in [3.05, 3.63) is 58.9 Å². The first-order valence-electron chi connectivity index (χ1n) is 5.18. The largest absolute Gasteiger partial charge is 0.287 e. The van der Waals surface area contributed by atoms with Gasteiger partial charge in [0, 0.05) is 11.8 Å². The minimum absolute atomic E-state index is 0.278. The first kappa shape index (κ1) is 11.4. The monoisotopic (exact) mass is 230 g/mol. The number of rotatable bonds is 2. The van der Waals surface area contributed by atoms with Gasteiger partial charge in [-0.2, -0.15) is 0 Å². The number of halogens is 1. The molecule has 0 aliphatic rings. The summed E-state index contributed by atoms with van der Waals surface area (Å²) < 4.78 is 13.3. The second-order valence-electron chi connectivity index (χ2n) is 3.78. The average Bonchev–Trinajstić information content (AvgIpc) is 2.32. The maximum atomic E-state index is 13.3. The van der Waals surface area contributed by atoms with Crippen molar-refractivity contribution in [2.45, 2.75) is 13.8 Å². The van der Waals surface area contributed by atoms with E-state index >= 15 is 0 Å². The number of hydrogen-bond donors (Lipinski definition) is 0. The molecule has 0 atom stereocenters. The van der Waals surface area contributed by atoms with Gasteiger partial charge < -0.3 is 0 Å². The minimum Gasteiger partial charge on any atom is -0.287 e. The summed E-state index contributed by atoms with van der Waals surface area (Å²) in [6, 6.07) is 5.93. The van der Waals surface area contributed by atoms with Gasteiger partial charge in [0.25, 0.3) is 0 Å². The van der Waals surface area contributed by atoms with Gasteiger partial charge in [-0.05, 0) is 31.5 Å². The first-order valence-corrected chi connectivity index (χ1v) is 5.18. The van der Waals surface area contributed by atoms with E-state index in [1.807, 2.05) is 0 Å². The van der Waals surface area contributed by atoms with Crippen molar-refractivity contribution in [3.63, 3.8) is 0 Å². The summed E-state index contributed by atoms with van der Waals surface area (Å²) in [5.41, 5.74) is 1.09. The van der Waals surface area contributed by atoms with E-state index < -0.39 is 0 Å². The van der Waals surface area contributed by atoms with Crippen LogP contribution in [0.1, 0.15) is 27.4 Å². The van der Waals surface area contributed by atoms with Crippen LogP contribution < -0.4 is 0 Å². The van der Waals surface area contributed by atoms with E-state index in [1.165, 1.54) is 18.3 Å². The molecule has 0 saturated carbocycles. The summed E-state index contributed by atoms with van der Waals surface area (Å²) in [5, 5.41) is 0. The van der Waals surface area contributed by atoms with Crippen LogP contribution >= 0.6 is 0 Å². The van der Waals surface area contributed by atoms with Gasteiger partial charge in [0.15, 0.2) is 0 Å². The van der Waals surface area contributed by atoms with Gasteiger partial charge in [-0.1, -0.05) is 12.1 Å². The van der Waals surface area contributed by atoms with E-state index in [-0.39, 0.29) is 17.3 Å². The molecule has 0 aliphatic heterocycles. The molecular weight excluding hydrogens is 219 g/mol. The zero-order valence-electron chi connectivity index (χ0n) is 9.57. The molecule has 0 saturated heterocycles. The van der Waals surface area contributed by atoms with Crippen LogP contribution in [-0.2, 0) is 0 Å². The standard InChI is InChI=1S/C13H11FN2O/c1-8-3-4-10(7-11(8)14)13(17)12-5-6-15-9(2)16-12/h3-7H,1-2H3. The van der Waals surface area contributed by atoms with Crippen LogP contribution in [0.15, 0.2) is 30.5 Å². The van der Waals surface area contributed by atoms with Gasteiger partial charge in [-0.25, -0.2) is 14.4 Å². The second kappa shape index (κ2) is 4.41. The number of carbonyl (C=O) groups is 1. The van der Waals surface area contributed by atoms with Gasteiger partial charge in [0.1, 0.15) is 17.3 Å². The fraction of sp³-hybridized carbons (Fsp3) is 0.154. The number of hydrogen-bond acceptors (Lipinski definition) is 3. The van der Waals surface area contributed by atoms with Crippen LogP contribution in [0, 0.1) is 19.7 Å². The van der Waals surface area contributed by atoms with E-state index in [4.69, 9.17) is 0 Å². The van der Waals surface area contributed by atoms with E-state index in [1.54, 1.807) is 26.0 Å². The lowest BCUT2D eigenvalue weighted by molar-refractivity contribution is 0.103. The summed E-state index contributed by atoms with van der Waals surface area (Å²) in [6.07, 6.45) is 1.51. The molecule has 0 N–H and O–H groups in total. The van der Waals surface area contributed by atoms with Crippen molar-refractivity contribution < 1.29 is 9.18 Å². The Kier molecular flexibility index (Phi) is 2.95.